The van der Waals surface area contributed by atoms with Crippen LogP contribution in [0.25, 0.3) is 0 Å². The van der Waals surface area contributed by atoms with E-state index in [4.69, 9.17) is 5.14 Å². The van der Waals surface area contributed by atoms with Crippen LogP contribution in [0.2, 0.25) is 0 Å². The number of hydrogen-bond donors (Lipinski definition) is 1. The molecule has 0 aliphatic carbocycles. The third kappa shape index (κ3) is 2.42. The van der Waals surface area contributed by atoms with Crippen molar-refractivity contribution in [1.29, 1.82) is 0 Å². The standard InChI is InChI=1S/C7H8N2O5S/c1-14-7-4-5(15(8,12)13)2-3-6(7)9(10)11/h2-4H,1H3,(H2,8,12,13). The zero-order valence-corrected chi connectivity index (χ0v) is 8.52. The van der Waals surface area contributed by atoms with Gasteiger partial charge in [-0.1, -0.05) is 0 Å². The third-order valence-electron chi connectivity index (χ3n) is 1.68. The monoisotopic (exact) mass is 232 g/mol. The van der Waals surface area contributed by atoms with Crippen LogP contribution in [0.3, 0.4) is 0 Å². The van der Waals surface area contributed by atoms with Gasteiger partial charge in [-0.3, -0.25) is 10.1 Å². The molecular formula is C7H8N2O5S. The zero-order chi connectivity index (χ0) is 11.6. The molecule has 0 spiro atoms. The molecule has 2 N–H and O–H groups in total. The highest BCUT2D eigenvalue weighted by Crippen LogP contribution is 2.28. The molecule has 0 aliphatic rings. The lowest BCUT2D eigenvalue weighted by Gasteiger charge is -2.03. The molecule has 7 nitrogen and oxygen atoms in total. The van der Waals surface area contributed by atoms with E-state index >= 15 is 0 Å². The van der Waals surface area contributed by atoms with Crippen LogP contribution in [-0.4, -0.2) is 20.5 Å². The Hall–Kier alpha value is -1.67. The summed E-state index contributed by atoms with van der Waals surface area (Å²) < 4.78 is 26.5. The van der Waals surface area contributed by atoms with Crippen LogP contribution in [0.15, 0.2) is 23.1 Å². The molecule has 1 aromatic rings. The molecule has 15 heavy (non-hydrogen) atoms. The van der Waals surface area contributed by atoms with Gasteiger partial charge in [-0.2, -0.15) is 0 Å². The fourth-order valence-corrected chi connectivity index (χ4v) is 1.51. The van der Waals surface area contributed by atoms with Gasteiger partial charge in [0.05, 0.1) is 16.9 Å². The molecule has 0 fully saturated rings. The van der Waals surface area contributed by atoms with Crippen LogP contribution in [0, 0.1) is 10.1 Å². The highest BCUT2D eigenvalue weighted by Gasteiger charge is 2.18. The summed E-state index contributed by atoms with van der Waals surface area (Å²) in [7, 11) is -2.68. The molecule has 8 heteroatoms. The van der Waals surface area contributed by atoms with Gasteiger partial charge in [0.1, 0.15) is 0 Å². The molecule has 82 valence electrons. The number of nitrogens with zero attached hydrogens (tertiary/aromatic N) is 1. The largest absolute Gasteiger partial charge is 0.490 e. The van der Waals surface area contributed by atoms with Crippen molar-refractivity contribution >= 4 is 15.7 Å². The van der Waals surface area contributed by atoms with E-state index in [-0.39, 0.29) is 16.3 Å². The minimum atomic E-state index is -3.88. The Labute approximate surface area is 85.7 Å². The molecule has 0 saturated heterocycles. The molecule has 0 aromatic heterocycles. The Morgan fingerprint density at radius 3 is 2.47 bits per heavy atom. The topological polar surface area (TPSA) is 113 Å². The molecule has 1 aromatic carbocycles. The van der Waals surface area contributed by atoms with Crippen molar-refractivity contribution in [1.82, 2.24) is 0 Å². The van der Waals surface area contributed by atoms with Crippen LogP contribution < -0.4 is 9.88 Å². The first-order valence-corrected chi connectivity index (χ1v) is 5.26. The summed E-state index contributed by atoms with van der Waals surface area (Å²) in [5.41, 5.74) is -0.315. The number of methoxy groups -OCH3 is 1. The smallest absolute Gasteiger partial charge is 0.310 e. The number of sulfonamides is 1. The van der Waals surface area contributed by atoms with Gasteiger partial charge in [0, 0.05) is 12.1 Å². The van der Waals surface area contributed by atoms with Crippen molar-refractivity contribution in [3.05, 3.63) is 28.3 Å². The first-order valence-electron chi connectivity index (χ1n) is 3.71. The second kappa shape index (κ2) is 3.83. The molecule has 0 bridgehead atoms. The van der Waals surface area contributed by atoms with Gasteiger partial charge in [-0.25, -0.2) is 13.6 Å². The van der Waals surface area contributed by atoms with Gasteiger partial charge < -0.3 is 4.74 Å². The lowest BCUT2D eigenvalue weighted by molar-refractivity contribution is -0.385. The Bertz CT molecular complexity index is 496. The normalized spacial score (nSPS) is 11.1. The predicted octanol–water partition coefficient (Wildman–Crippen LogP) is 0.251. The van der Waals surface area contributed by atoms with Crippen molar-refractivity contribution in [2.45, 2.75) is 4.90 Å². The van der Waals surface area contributed by atoms with Crippen molar-refractivity contribution in [2.24, 2.45) is 5.14 Å². The van der Waals surface area contributed by atoms with E-state index in [0.717, 1.165) is 18.2 Å². The van der Waals surface area contributed by atoms with E-state index in [1.807, 2.05) is 0 Å². The molecular weight excluding hydrogens is 224 g/mol. The summed E-state index contributed by atoms with van der Waals surface area (Å²) in [6, 6.07) is 3.09. The predicted molar refractivity (Wildman–Crippen MR) is 51.0 cm³/mol. The molecule has 0 radical (unpaired) electrons. The van der Waals surface area contributed by atoms with E-state index in [9.17, 15) is 18.5 Å². The van der Waals surface area contributed by atoms with Gasteiger partial charge in [0.15, 0.2) is 5.75 Å². The number of nitrogens with two attached hydrogens (primary N) is 1. The Morgan fingerprint density at radius 1 is 1.47 bits per heavy atom. The van der Waals surface area contributed by atoms with Crippen molar-refractivity contribution in [2.75, 3.05) is 7.11 Å². The van der Waals surface area contributed by atoms with Gasteiger partial charge in [0.25, 0.3) is 0 Å². The Morgan fingerprint density at radius 2 is 2.07 bits per heavy atom. The average molecular weight is 232 g/mol. The number of rotatable bonds is 3. The summed E-state index contributed by atoms with van der Waals surface area (Å²) in [6.45, 7) is 0. The quantitative estimate of drug-likeness (QED) is 0.592. The molecule has 0 aliphatic heterocycles. The molecule has 0 saturated carbocycles. The lowest BCUT2D eigenvalue weighted by Crippen LogP contribution is -2.12. The first kappa shape index (κ1) is 11.4. The maximum Gasteiger partial charge on any atom is 0.310 e. The zero-order valence-electron chi connectivity index (χ0n) is 7.71. The number of ether oxygens (including phenoxy) is 1. The van der Waals surface area contributed by atoms with Gasteiger partial charge in [-0.05, 0) is 6.07 Å². The highest BCUT2D eigenvalue weighted by molar-refractivity contribution is 7.89. The number of nitro groups is 1. The maximum atomic E-state index is 10.9. The Balaban J connectivity index is 3.38. The summed E-state index contributed by atoms with van der Waals surface area (Å²) in [6.07, 6.45) is 0. The Kier molecular flexibility index (Phi) is 2.91. The number of hydrogen-bond acceptors (Lipinski definition) is 5. The third-order valence-corrected chi connectivity index (χ3v) is 2.59. The van der Waals surface area contributed by atoms with Crippen LogP contribution in [0.1, 0.15) is 0 Å². The van der Waals surface area contributed by atoms with Crippen molar-refractivity contribution < 1.29 is 18.1 Å². The van der Waals surface area contributed by atoms with Crippen LogP contribution in [0.4, 0.5) is 5.69 Å². The van der Waals surface area contributed by atoms with Crippen molar-refractivity contribution in [3.8, 4) is 5.75 Å². The summed E-state index contributed by atoms with van der Waals surface area (Å²) >= 11 is 0. The van der Waals surface area contributed by atoms with E-state index < -0.39 is 14.9 Å². The van der Waals surface area contributed by atoms with Crippen LogP contribution in [-0.2, 0) is 10.0 Å². The molecule has 1 rings (SSSR count). The molecule has 0 unspecified atom stereocenters. The lowest BCUT2D eigenvalue weighted by atomic mass is 10.3. The second-order valence-electron chi connectivity index (χ2n) is 2.64. The summed E-state index contributed by atoms with van der Waals surface area (Å²) in [4.78, 5) is 9.58. The molecule has 0 atom stereocenters. The van der Waals surface area contributed by atoms with E-state index in [1.54, 1.807) is 0 Å². The van der Waals surface area contributed by atoms with Gasteiger partial charge in [-0.15, -0.1) is 0 Å². The fourth-order valence-electron chi connectivity index (χ4n) is 0.986. The average Bonchev–Trinajstić information content (AvgIpc) is 2.15. The second-order valence-corrected chi connectivity index (χ2v) is 4.20. The number of nitro benzene ring substituents is 1. The minimum Gasteiger partial charge on any atom is -0.490 e. The summed E-state index contributed by atoms with van der Waals surface area (Å²) in [5.74, 6) is -0.147. The maximum absolute atomic E-state index is 10.9. The first-order chi connectivity index (χ1) is 6.86. The van der Waals surface area contributed by atoms with Gasteiger partial charge in [0.2, 0.25) is 10.0 Å². The van der Waals surface area contributed by atoms with Crippen LogP contribution >= 0.6 is 0 Å². The molecule has 0 heterocycles. The molecule has 0 amide bonds. The SMILES string of the molecule is COc1cc(S(N)(=O)=O)ccc1[N+](=O)[O-]. The van der Waals surface area contributed by atoms with E-state index in [0.29, 0.717) is 0 Å². The van der Waals surface area contributed by atoms with Crippen molar-refractivity contribution in [3.63, 3.8) is 0 Å². The summed E-state index contributed by atoms with van der Waals surface area (Å²) in [5, 5.41) is 15.3. The number of benzene rings is 1. The van der Waals surface area contributed by atoms with Gasteiger partial charge >= 0.3 is 5.69 Å². The van der Waals surface area contributed by atoms with Crippen LogP contribution in [0.5, 0.6) is 5.75 Å². The minimum absolute atomic E-state index is 0.147. The highest BCUT2D eigenvalue weighted by atomic mass is 32.2. The number of primary sulfonamides is 1. The fraction of sp³-hybridized carbons (Fsp3) is 0.143. The van der Waals surface area contributed by atoms with E-state index in [1.165, 1.54) is 7.11 Å². The van der Waals surface area contributed by atoms with E-state index in [2.05, 4.69) is 4.74 Å².